The van der Waals surface area contributed by atoms with Crippen molar-refractivity contribution in [1.29, 1.82) is 0 Å². The second kappa shape index (κ2) is 6.76. The number of ether oxygens (including phenoxy) is 1. The number of fused-ring (bicyclic) bond motifs is 1. The lowest BCUT2D eigenvalue weighted by molar-refractivity contribution is -0.146. The predicted octanol–water partition coefficient (Wildman–Crippen LogP) is 2.63. The number of thiophene rings is 1. The Labute approximate surface area is 143 Å². The standard InChI is InChI=1S/C17H19NO5S/c1-23-17(22)13-11-7-4-8-12(11)24-15(13)18-14(19)9-5-2-3-6-10(9)16(20)21/h2-3,9-10H,4-8H2,1H3,(H,18,19)(H,20,21). The van der Waals surface area contributed by atoms with E-state index in [2.05, 4.69) is 5.32 Å². The molecule has 1 heterocycles. The Kier molecular flexibility index (Phi) is 4.71. The first kappa shape index (κ1) is 16.7. The summed E-state index contributed by atoms with van der Waals surface area (Å²) >= 11 is 1.40. The molecule has 0 spiro atoms. The van der Waals surface area contributed by atoms with E-state index < -0.39 is 23.8 Å². The van der Waals surface area contributed by atoms with Crippen LogP contribution >= 0.6 is 11.3 Å². The molecule has 2 N–H and O–H groups in total. The fourth-order valence-electron chi connectivity index (χ4n) is 3.39. The minimum absolute atomic E-state index is 0.345. The Balaban J connectivity index is 1.86. The molecule has 1 aromatic rings. The van der Waals surface area contributed by atoms with Crippen LogP contribution in [0.2, 0.25) is 0 Å². The van der Waals surface area contributed by atoms with Crippen LogP contribution in [0.15, 0.2) is 12.2 Å². The van der Waals surface area contributed by atoms with Gasteiger partial charge in [0.25, 0.3) is 0 Å². The number of carbonyl (C=O) groups excluding carboxylic acids is 2. The van der Waals surface area contributed by atoms with Crippen LogP contribution in [0.25, 0.3) is 0 Å². The van der Waals surface area contributed by atoms with Crippen molar-refractivity contribution >= 4 is 34.2 Å². The van der Waals surface area contributed by atoms with Gasteiger partial charge in [-0.15, -0.1) is 11.3 Å². The number of hydrogen-bond donors (Lipinski definition) is 2. The Morgan fingerprint density at radius 1 is 1.21 bits per heavy atom. The van der Waals surface area contributed by atoms with Crippen LogP contribution in [-0.2, 0) is 27.2 Å². The maximum atomic E-state index is 12.6. The van der Waals surface area contributed by atoms with Gasteiger partial charge < -0.3 is 15.2 Å². The predicted molar refractivity (Wildman–Crippen MR) is 89.3 cm³/mol. The number of esters is 1. The lowest BCUT2D eigenvalue weighted by Gasteiger charge is -2.24. The maximum absolute atomic E-state index is 12.6. The van der Waals surface area contributed by atoms with Gasteiger partial charge in [-0.25, -0.2) is 4.79 Å². The van der Waals surface area contributed by atoms with Gasteiger partial charge in [0.2, 0.25) is 5.91 Å². The third-order valence-electron chi connectivity index (χ3n) is 4.63. The molecule has 0 bridgehead atoms. The van der Waals surface area contributed by atoms with Gasteiger partial charge in [0, 0.05) is 4.88 Å². The van der Waals surface area contributed by atoms with Gasteiger partial charge in [0.15, 0.2) is 0 Å². The smallest absolute Gasteiger partial charge is 0.341 e. The normalized spacial score (nSPS) is 22.0. The molecule has 0 aromatic carbocycles. The number of allylic oxidation sites excluding steroid dienone is 2. The van der Waals surface area contributed by atoms with E-state index in [4.69, 9.17) is 4.74 Å². The van der Waals surface area contributed by atoms with E-state index >= 15 is 0 Å². The first-order valence-corrected chi connectivity index (χ1v) is 8.76. The van der Waals surface area contributed by atoms with Crippen molar-refractivity contribution in [3.63, 3.8) is 0 Å². The highest BCUT2D eigenvalue weighted by atomic mass is 32.1. The van der Waals surface area contributed by atoms with E-state index in [1.807, 2.05) is 6.08 Å². The lowest BCUT2D eigenvalue weighted by atomic mass is 9.82. The number of carboxylic acids is 1. The number of rotatable bonds is 4. The van der Waals surface area contributed by atoms with Crippen LogP contribution in [0.5, 0.6) is 0 Å². The Hall–Kier alpha value is -2.15. The van der Waals surface area contributed by atoms with Crippen molar-refractivity contribution < 1.29 is 24.2 Å². The third-order valence-corrected chi connectivity index (χ3v) is 5.84. The molecule has 24 heavy (non-hydrogen) atoms. The molecule has 0 radical (unpaired) electrons. The second-order valence-electron chi connectivity index (χ2n) is 6.04. The van der Waals surface area contributed by atoms with Crippen molar-refractivity contribution in [3.8, 4) is 0 Å². The van der Waals surface area contributed by atoms with Gasteiger partial charge in [0.05, 0.1) is 24.5 Å². The van der Waals surface area contributed by atoms with E-state index in [1.165, 1.54) is 18.4 Å². The largest absolute Gasteiger partial charge is 0.481 e. The van der Waals surface area contributed by atoms with Gasteiger partial charge >= 0.3 is 11.9 Å². The van der Waals surface area contributed by atoms with Crippen LogP contribution in [0.3, 0.4) is 0 Å². The summed E-state index contributed by atoms with van der Waals surface area (Å²) in [6, 6.07) is 0. The van der Waals surface area contributed by atoms with Crippen molar-refractivity contribution in [2.24, 2.45) is 11.8 Å². The molecule has 0 fully saturated rings. The SMILES string of the molecule is COC(=O)c1c(NC(=O)C2CC=CCC2C(=O)O)sc2c1CCC2. The van der Waals surface area contributed by atoms with Gasteiger partial charge in [-0.05, 0) is 37.7 Å². The molecule has 128 valence electrons. The van der Waals surface area contributed by atoms with Crippen molar-refractivity contribution in [1.82, 2.24) is 0 Å². The third kappa shape index (κ3) is 2.96. The van der Waals surface area contributed by atoms with Gasteiger partial charge in [-0.1, -0.05) is 12.2 Å². The van der Waals surface area contributed by atoms with Crippen molar-refractivity contribution in [2.45, 2.75) is 32.1 Å². The highest BCUT2D eigenvalue weighted by molar-refractivity contribution is 7.17. The molecule has 1 aromatic heterocycles. The summed E-state index contributed by atoms with van der Waals surface area (Å²) in [6.45, 7) is 0. The number of anilines is 1. The summed E-state index contributed by atoms with van der Waals surface area (Å²) in [5.41, 5.74) is 1.39. The first-order chi connectivity index (χ1) is 11.5. The Morgan fingerprint density at radius 2 is 1.92 bits per heavy atom. The van der Waals surface area contributed by atoms with Crippen LogP contribution in [0, 0.1) is 11.8 Å². The zero-order valence-electron chi connectivity index (χ0n) is 13.3. The number of carbonyl (C=O) groups is 3. The Morgan fingerprint density at radius 3 is 2.58 bits per heavy atom. The van der Waals surface area contributed by atoms with E-state index in [1.54, 1.807) is 6.08 Å². The molecule has 0 saturated carbocycles. The van der Waals surface area contributed by atoms with Crippen molar-refractivity contribution in [3.05, 3.63) is 28.2 Å². The highest BCUT2D eigenvalue weighted by Crippen LogP contribution is 2.40. The quantitative estimate of drug-likeness (QED) is 0.644. The molecule has 0 saturated heterocycles. The molecule has 2 aliphatic rings. The zero-order valence-corrected chi connectivity index (χ0v) is 14.1. The number of methoxy groups -OCH3 is 1. The number of aliphatic carboxylic acids is 1. The van der Waals surface area contributed by atoms with E-state index in [9.17, 15) is 19.5 Å². The van der Waals surface area contributed by atoms with Crippen molar-refractivity contribution in [2.75, 3.05) is 12.4 Å². The monoisotopic (exact) mass is 349 g/mol. The number of amides is 1. The molecule has 2 atom stereocenters. The minimum Gasteiger partial charge on any atom is -0.481 e. The van der Waals surface area contributed by atoms with Crippen LogP contribution in [0.4, 0.5) is 5.00 Å². The second-order valence-corrected chi connectivity index (χ2v) is 7.14. The first-order valence-electron chi connectivity index (χ1n) is 7.94. The summed E-state index contributed by atoms with van der Waals surface area (Å²) in [5, 5.41) is 12.6. The lowest BCUT2D eigenvalue weighted by Crippen LogP contribution is -2.34. The fraction of sp³-hybridized carbons (Fsp3) is 0.471. The van der Waals surface area contributed by atoms with Gasteiger partial charge in [0.1, 0.15) is 5.00 Å². The summed E-state index contributed by atoms with van der Waals surface area (Å²) in [5.74, 6) is -3.14. The van der Waals surface area contributed by atoms with E-state index in [0.29, 0.717) is 23.4 Å². The molecule has 2 unspecified atom stereocenters. The molecule has 0 aliphatic heterocycles. The molecular weight excluding hydrogens is 330 g/mol. The molecular formula is C17H19NO5S. The summed E-state index contributed by atoms with van der Waals surface area (Å²) < 4.78 is 4.86. The maximum Gasteiger partial charge on any atom is 0.341 e. The molecule has 7 heteroatoms. The topological polar surface area (TPSA) is 92.7 Å². The summed E-state index contributed by atoms with van der Waals surface area (Å²) in [6.07, 6.45) is 7.05. The van der Waals surface area contributed by atoms with E-state index in [0.717, 1.165) is 29.7 Å². The van der Waals surface area contributed by atoms with Crippen LogP contribution in [0.1, 0.15) is 40.1 Å². The summed E-state index contributed by atoms with van der Waals surface area (Å²) in [7, 11) is 1.32. The number of aryl methyl sites for hydroxylation is 1. The number of carboxylic acid groups (broad SMARTS) is 1. The molecule has 2 aliphatic carbocycles. The van der Waals surface area contributed by atoms with Gasteiger partial charge in [-0.3, -0.25) is 9.59 Å². The fourth-order valence-corrected chi connectivity index (χ4v) is 4.67. The zero-order chi connectivity index (χ0) is 17.3. The molecule has 6 nitrogen and oxygen atoms in total. The van der Waals surface area contributed by atoms with Crippen LogP contribution in [-0.4, -0.2) is 30.1 Å². The molecule has 1 amide bonds. The molecule has 3 rings (SSSR count). The van der Waals surface area contributed by atoms with E-state index in [-0.39, 0.29) is 5.91 Å². The Bertz CT molecular complexity index is 721. The average molecular weight is 349 g/mol. The van der Waals surface area contributed by atoms with Gasteiger partial charge in [-0.2, -0.15) is 0 Å². The summed E-state index contributed by atoms with van der Waals surface area (Å²) in [4.78, 5) is 37.2. The average Bonchev–Trinajstić information content (AvgIpc) is 3.14. The number of nitrogens with one attached hydrogen (secondary N) is 1. The number of hydrogen-bond acceptors (Lipinski definition) is 5. The van der Waals surface area contributed by atoms with Crippen LogP contribution < -0.4 is 5.32 Å². The minimum atomic E-state index is -0.971. The highest BCUT2D eigenvalue weighted by Gasteiger charge is 2.35.